The van der Waals surface area contributed by atoms with Gasteiger partial charge in [0.15, 0.2) is 0 Å². The highest BCUT2D eigenvalue weighted by atomic mass is 35.5. The highest BCUT2D eigenvalue weighted by Gasteiger charge is 2.29. The summed E-state index contributed by atoms with van der Waals surface area (Å²) in [6.45, 7) is 10.5. The van der Waals surface area contributed by atoms with Crippen LogP contribution in [-0.2, 0) is 23.5 Å². The SMILES string of the molecule is CCNC(=O)CN(Cc1ccc(Cl)cc1)[C@@H]1CCN(CCC=C2c3cc(C(C)(C)O)ccc3OCc3ncccc32)C1. The van der Waals surface area contributed by atoms with Crippen molar-refractivity contribution in [3.05, 3.63) is 99.8 Å². The van der Waals surface area contributed by atoms with E-state index in [1.165, 1.54) is 0 Å². The summed E-state index contributed by atoms with van der Waals surface area (Å²) in [7, 11) is 0. The van der Waals surface area contributed by atoms with E-state index < -0.39 is 5.60 Å². The van der Waals surface area contributed by atoms with Gasteiger partial charge in [-0.15, -0.1) is 0 Å². The first-order valence-corrected chi connectivity index (χ1v) is 15.2. The maximum atomic E-state index is 12.6. The van der Waals surface area contributed by atoms with Gasteiger partial charge in [0.05, 0.1) is 17.8 Å². The standard InChI is InChI=1S/C34H41ClN4O3/c1-4-36-33(40)22-39(20-24-9-12-26(35)13-10-24)27-15-18-38(21-27)17-6-8-28-29-7-5-16-37-31(29)23-42-32-14-11-25(19-30(28)32)34(2,3)41/h5,7-14,16,19,27,41H,4,6,15,17-18,20-23H2,1-3H3,(H,36,40)/t27-/m1/s1. The van der Waals surface area contributed by atoms with Gasteiger partial charge in [-0.05, 0) is 87.2 Å². The van der Waals surface area contributed by atoms with Gasteiger partial charge >= 0.3 is 0 Å². The Morgan fingerprint density at radius 1 is 1.21 bits per heavy atom. The molecule has 0 unspecified atom stereocenters. The number of benzene rings is 2. The Hall–Kier alpha value is -3.23. The summed E-state index contributed by atoms with van der Waals surface area (Å²) in [5.41, 5.74) is 5.09. The van der Waals surface area contributed by atoms with Gasteiger partial charge in [-0.3, -0.25) is 14.7 Å². The van der Waals surface area contributed by atoms with Crippen LogP contribution in [-0.4, -0.2) is 64.6 Å². The third kappa shape index (κ3) is 7.39. The lowest BCUT2D eigenvalue weighted by atomic mass is 9.90. The highest BCUT2D eigenvalue weighted by Crippen LogP contribution is 2.38. The fraction of sp³-hybridized carbons (Fsp3) is 0.412. The van der Waals surface area contributed by atoms with Gasteiger partial charge in [0.25, 0.3) is 0 Å². The van der Waals surface area contributed by atoms with Crippen LogP contribution < -0.4 is 10.1 Å². The molecular weight excluding hydrogens is 548 g/mol. The van der Waals surface area contributed by atoms with Crippen LogP contribution in [0.5, 0.6) is 5.75 Å². The second kappa shape index (κ2) is 13.4. The number of amides is 1. The van der Waals surface area contributed by atoms with Crippen molar-refractivity contribution in [2.24, 2.45) is 0 Å². The second-order valence-corrected chi connectivity index (χ2v) is 12.1. The number of aliphatic hydroxyl groups is 1. The monoisotopic (exact) mass is 588 g/mol. The lowest BCUT2D eigenvalue weighted by Crippen LogP contribution is -2.43. The van der Waals surface area contributed by atoms with Gasteiger partial charge in [0, 0.05) is 54.6 Å². The lowest BCUT2D eigenvalue weighted by molar-refractivity contribution is -0.122. The van der Waals surface area contributed by atoms with Gasteiger partial charge in [-0.1, -0.05) is 41.9 Å². The smallest absolute Gasteiger partial charge is 0.234 e. The molecule has 8 heteroatoms. The Morgan fingerprint density at radius 2 is 2.02 bits per heavy atom. The number of ether oxygens (including phenoxy) is 1. The first kappa shape index (κ1) is 30.2. The van der Waals surface area contributed by atoms with Gasteiger partial charge in [-0.25, -0.2) is 0 Å². The molecule has 0 spiro atoms. The number of rotatable bonds is 10. The topological polar surface area (TPSA) is 77.9 Å². The number of fused-ring (bicyclic) bond motifs is 2. The van der Waals surface area contributed by atoms with Crippen molar-refractivity contribution >= 4 is 23.1 Å². The number of pyridine rings is 1. The first-order chi connectivity index (χ1) is 20.2. The fourth-order valence-corrected chi connectivity index (χ4v) is 5.96. The molecule has 222 valence electrons. The Balaban J connectivity index is 1.32. The number of hydrogen-bond acceptors (Lipinski definition) is 6. The van der Waals surface area contributed by atoms with Gasteiger partial charge in [0.1, 0.15) is 12.4 Å². The van der Waals surface area contributed by atoms with E-state index in [1.807, 2.05) is 55.5 Å². The van der Waals surface area contributed by atoms with E-state index in [0.717, 1.165) is 71.7 Å². The number of nitrogens with one attached hydrogen (secondary N) is 1. The number of aromatic nitrogens is 1. The summed E-state index contributed by atoms with van der Waals surface area (Å²) >= 11 is 6.11. The number of carbonyl (C=O) groups is 1. The van der Waals surface area contributed by atoms with Crippen molar-refractivity contribution in [2.45, 2.75) is 58.4 Å². The average molecular weight is 589 g/mol. The fourth-order valence-electron chi connectivity index (χ4n) is 5.84. The minimum atomic E-state index is -0.958. The first-order valence-electron chi connectivity index (χ1n) is 14.8. The zero-order valence-corrected chi connectivity index (χ0v) is 25.5. The van der Waals surface area contributed by atoms with Crippen molar-refractivity contribution in [3.63, 3.8) is 0 Å². The average Bonchev–Trinajstić information content (AvgIpc) is 3.38. The molecule has 1 aromatic heterocycles. The van der Waals surface area contributed by atoms with Crippen LogP contribution in [0.3, 0.4) is 0 Å². The second-order valence-electron chi connectivity index (χ2n) is 11.7. The third-order valence-corrected chi connectivity index (χ3v) is 8.35. The molecule has 2 aromatic carbocycles. The highest BCUT2D eigenvalue weighted by molar-refractivity contribution is 6.30. The van der Waals surface area contributed by atoms with Gasteiger partial charge in [-0.2, -0.15) is 0 Å². The summed E-state index contributed by atoms with van der Waals surface area (Å²) in [4.78, 5) is 22.0. The molecule has 0 bridgehead atoms. The van der Waals surface area contributed by atoms with E-state index in [1.54, 1.807) is 20.0 Å². The van der Waals surface area contributed by atoms with E-state index in [2.05, 4.69) is 32.2 Å². The molecular formula is C34H41ClN4O3. The van der Waals surface area contributed by atoms with Crippen LogP contribution in [0, 0.1) is 0 Å². The van der Waals surface area contributed by atoms with Crippen LogP contribution in [0.1, 0.15) is 61.6 Å². The van der Waals surface area contributed by atoms with Crippen molar-refractivity contribution in [2.75, 3.05) is 32.7 Å². The molecule has 3 aromatic rings. The number of likely N-dealkylation sites (tertiary alicyclic amines) is 1. The van der Waals surface area contributed by atoms with E-state index in [9.17, 15) is 9.90 Å². The van der Waals surface area contributed by atoms with Gasteiger partial charge < -0.3 is 20.1 Å². The molecule has 7 nitrogen and oxygen atoms in total. The van der Waals surface area contributed by atoms with Crippen LogP contribution in [0.15, 0.2) is 66.9 Å². The number of likely N-dealkylation sites (N-methyl/N-ethyl adjacent to an activating group) is 1. The van der Waals surface area contributed by atoms with Crippen molar-refractivity contribution in [1.82, 2.24) is 20.1 Å². The largest absolute Gasteiger partial charge is 0.487 e. The normalized spacial score (nSPS) is 18.0. The number of hydrogen-bond donors (Lipinski definition) is 2. The van der Waals surface area contributed by atoms with Crippen LogP contribution in [0.2, 0.25) is 5.02 Å². The van der Waals surface area contributed by atoms with Crippen LogP contribution in [0.4, 0.5) is 0 Å². The zero-order chi connectivity index (χ0) is 29.7. The Bertz CT molecular complexity index is 1420. The summed E-state index contributed by atoms with van der Waals surface area (Å²) in [6, 6.07) is 18.2. The molecule has 3 heterocycles. The van der Waals surface area contributed by atoms with Crippen molar-refractivity contribution in [3.8, 4) is 5.75 Å². The predicted octanol–water partition coefficient (Wildman–Crippen LogP) is 5.39. The lowest BCUT2D eigenvalue weighted by Gasteiger charge is -2.28. The minimum absolute atomic E-state index is 0.0570. The molecule has 0 aliphatic carbocycles. The molecule has 2 aliphatic heterocycles. The number of nitrogens with zero attached hydrogens (tertiary/aromatic N) is 3. The quantitative estimate of drug-likeness (QED) is 0.331. The molecule has 1 saturated heterocycles. The summed E-state index contributed by atoms with van der Waals surface area (Å²) in [5, 5.41) is 14.4. The molecule has 0 radical (unpaired) electrons. The number of carbonyl (C=O) groups excluding carboxylic acids is 1. The Kier molecular flexibility index (Phi) is 9.63. The van der Waals surface area contributed by atoms with E-state index in [4.69, 9.17) is 16.3 Å². The molecule has 1 atom stereocenters. The minimum Gasteiger partial charge on any atom is -0.487 e. The maximum Gasteiger partial charge on any atom is 0.234 e. The van der Waals surface area contributed by atoms with Gasteiger partial charge in [0.2, 0.25) is 5.91 Å². The molecule has 2 aliphatic rings. The molecule has 5 rings (SSSR count). The predicted molar refractivity (Wildman–Crippen MR) is 167 cm³/mol. The van der Waals surface area contributed by atoms with Crippen LogP contribution >= 0.6 is 11.6 Å². The van der Waals surface area contributed by atoms with E-state index in [-0.39, 0.29) is 5.91 Å². The Morgan fingerprint density at radius 3 is 2.79 bits per heavy atom. The summed E-state index contributed by atoms with van der Waals surface area (Å²) < 4.78 is 6.16. The molecule has 0 saturated carbocycles. The van der Waals surface area contributed by atoms with Crippen molar-refractivity contribution < 1.29 is 14.6 Å². The van der Waals surface area contributed by atoms with E-state index >= 15 is 0 Å². The molecule has 1 fully saturated rings. The maximum absolute atomic E-state index is 12.6. The molecule has 42 heavy (non-hydrogen) atoms. The Labute approximate surface area is 254 Å². The molecule has 1 amide bonds. The third-order valence-electron chi connectivity index (χ3n) is 8.10. The van der Waals surface area contributed by atoms with E-state index in [0.29, 0.717) is 37.3 Å². The van der Waals surface area contributed by atoms with Crippen LogP contribution in [0.25, 0.3) is 5.57 Å². The van der Waals surface area contributed by atoms with Crippen molar-refractivity contribution in [1.29, 1.82) is 0 Å². The summed E-state index contributed by atoms with van der Waals surface area (Å²) in [5.74, 6) is 0.860. The zero-order valence-electron chi connectivity index (χ0n) is 24.8. The number of halogens is 1. The molecule has 2 N–H and O–H groups in total. The summed E-state index contributed by atoms with van der Waals surface area (Å²) in [6.07, 6.45) is 5.96.